The van der Waals surface area contributed by atoms with Crippen molar-refractivity contribution in [3.8, 4) is 22.1 Å². The van der Waals surface area contributed by atoms with Crippen molar-refractivity contribution in [2.24, 2.45) is 4.99 Å². The van der Waals surface area contributed by atoms with Crippen molar-refractivity contribution in [1.82, 2.24) is 25.0 Å². The minimum Gasteiger partial charge on any atom is -0.492 e. The number of rotatable bonds is 10. The van der Waals surface area contributed by atoms with E-state index >= 15 is 0 Å². The zero-order valence-corrected chi connectivity index (χ0v) is 23.4. The Kier molecular flexibility index (Phi) is 8.84. The number of aromatic amines is 1. The Balaban J connectivity index is 1.25. The summed E-state index contributed by atoms with van der Waals surface area (Å²) in [6, 6.07) is 14.8. The number of carbonyl (C=O) groups is 1. The topological polar surface area (TPSA) is 114 Å². The van der Waals surface area contributed by atoms with Crippen molar-refractivity contribution in [3.63, 3.8) is 0 Å². The number of morpholine rings is 1. The lowest BCUT2D eigenvalue weighted by atomic mass is 10.1. The van der Waals surface area contributed by atoms with E-state index in [4.69, 9.17) is 9.47 Å². The summed E-state index contributed by atoms with van der Waals surface area (Å²) in [5, 5.41) is 8.49. The summed E-state index contributed by atoms with van der Waals surface area (Å²) >= 11 is 1.36. The molecule has 0 atom stereocenters. The van der Waals surface area contributed by atoms with Crippen LogP contribution in [0.2, 0.25) is 0 Å². The van der Waals surface area contributed by atoms with Gasteiger partial charge in [0.1, 0.15) is 11.4 Å². The fraction of sp³-hybridized carbons (Fsp3) is 0.310. The van der Waals surface area contributed by atoms with E-state index in [-0.39, 0.29) is 11.5 Å². The molecular formula is C29H32N6O4S. The van der Waals surface area contributed by atoms with Crippen LogP contribution in [0, 0.1) is 6.92 Å². The second-order valence-corrected chi connectivity index (χ2v) is 10.1. The van der Waals surface area contributed by atoms with Gasteiger partial charge in [-0.2, -0.15) is 4.68 Å². The van der Waals surface area contributed by atoms with Gasteiger partial charge >= 0.3 is 0 Å². The van der Waals surface area contributed by atoms with Crippen LogP contribution in [0.5, 0.6) is 5.75 Å². The van der Waals surface area contributed by atoms with Crippen LogP contribution in [-0.4, -0.2) is 77.8 Å². The van der Waals surface area contributed by atoms with E-state index in [0.717, 1.165) is 44.1 Å². The van der Waals surface area contributed by atoms with Crippen molar-refractivity contribution in [2.75, 3.05) is 46.0 Å². The highest BCUT2D eigenvalue weighted by atomic mass is 32.1. The smallest absolute Gasteiger partial charge is 0.282 e. The van der Waals surface area contributed by atoms with Crippen molar-refractivity contribution in [1.29, 1.82) is 0 Å². The summed E-state index contributed by atoms with van der Waals surface area (Å²) in [7, 11) is 0. The van der Waals surface area contributed by atoms with E-state index in [1.807, 2.05) is 55.6 Å². The molecule has 2 aromatic carbocycles. The fourth-order valence-electron chi connectivity index (χ4n) is 4.37. The molecule has 3 heterocycles. The van der Waals surface area contributed by atoms with Crippen LogP contribution in [-0.2, 0) is 4.74 Å². The lowest BCUT2D eigenvalue weighted by Crippen LogP contribution is -2.41. The number of hydrogen-bond donors (Lipinski definition) is 2. The Morgan fingerprint density at radius 2 is 1.98 bits per heavy atom. The van der Waals surface area contributed by atoms with Crippen LogP contribution in [0.15, 0.2) is 63.7 Å². The van der Waals surface area contributed by atoms with E-state index in [2.05, 4.69) is 25.3 Å². The van der Waals surface area contributed by atoms with Gasteiger partial charge in [-0.15, -0.1) is 11.3 Å². The third kappa shape index (κ3) is 6.39. The van der Waals surface area contributed by atoms with Gasteiger partial charge in [0.05, 0.1) is 31.1 Å². The standard InChI is InChI=1S/C29H32N6O4S/c1-3-39-26-7-5-4-6-24(26)31-18-23-20(2)33-35(28(23)37)29-32-25(19-40-29)21-8-10-22(11-9-21)27(36)30-12-13-34-14-16-38-17-15-34/h4-11,18-19,33H,3,12-17H2,1-2H3,(H,30,36). The quantitative estimate of drug-likeness (QED) is 0.285. The predicted octanol–water partition coefficient (Wildman–Crippen LogP) is 3.81. The van der Waals surface area contributed by atoms with Crippen molar-refractivity contribution >= 4 is 29.1 Å². The highest BCUT2D eigenvalue weighted by Crippen LogP contribution is 2.27. The Morgan fingerprint density at radius 1 is 1.20 bits per heavy atom. The van der Waals surface area contributed by atoms with E-state index in [1.165, 1.54) is 16.0 Å². The molecule has 1 aliphatic heterocycles. The molecule has 10 nitrogen and oxygen atoms in total. The molecule has 0 aliphatic carbocycles. The number of nitrogens with one attached hydrogen (secondary N) is 2. The molecule has 40 heavy (non-hydrogen) atoms. The summed E-state index contributed by atoms with van der Waals surface area (Å²) in [6.45, 7) is 8.94. The number of benzene rings is 2. The average Bonchev–Trinajstić information content (AvgIpc) is 3.58. The highest BCUT2D eigenvalue weighted by molar-refractivity contribution is 7.12. The molecule has 2 aromatic heterocycles. The third-order valence-electron chi connectivity index (χ3n) is 6.56. The first-order valence-electron chi connectivity index (χ1n) is 13.3. The number of aliphatic imine (C=N–C) groups is 1. The van der Waals surface area contributed by atoms with E-state index in [0.29, 0.717) is 46.5 Å². The summed E-state index contributed by atoms with van der Waals surface area (Å²) in [4.78, 5) is 37.2. The van der Waals surface area contributed by atoms with Gasteiger partial charge in [-0.25, -0.2) is 4.98 Å². The summed E-state index contributed by atoms with van der Waals surface area (Å²) in [6.07, 6.45) is 1.56. The van der Waals surface area contributed by atoms with Gasteiger partial charge in [-0.05, 0) is 38.1 Å². The summed E-state index contributed by atoms with van der Waals surface area (Å²) < 4.78 is 12.4. The van der Waals surface area contributed by atoms with Gasteiger partial charge < -0.3 is 14.8 Å². The van der Waals surface area contributed by atoms with E-state index in [9.17, 15) is 9.59 Å². The van der Waals surface area contributed by atoms with Crippen molar-refractivity contribution in [2.45, 2.75) is 13.8 Å². The zero-order chi connectivity index (χ0) is 27.9. The van der Waals surface area contributed by atoms with Gasteiger partial charge in [-0.1, -0.05) is 24.3 Å². The molecule has 1 fully saturated rings. The first-order chi connectivity index (χ1) is 19.5. The van der Waals surface area contributed by atoms with Gasteiger partial charge in [-0.3, -0.25) is 24.6 Å². The van der Waals surface area contributed by atoms with Crippen LogP contribution in [0.25, 0.3) is 16.4 Å². The van der Waals surface area contributed by atoms with E-state index in [1.54, 1.807) is 18.3 Å². The molecule has 0 bridgehead atoms. The molecule has 1 aliphatic rings. The minimum atomic E-state index is -0.236. The molecule has 1 amide bonds. The fourth-order valence-corrected chi connectivity index (χ4v) is 5.16. The number of aryl methyl sites for hydroxylation is 1. The van der Waals surface area contributed by atoms with Crippen molar-refractivity contribution < 1.29 is 14.3 Å². The normalized spacial score (nSPS) is 14.1. The number of H-pyrrole nitrogens is 1. The zero-order valence-electron chi connectivity index (χ0n) is 22.6. The molecule has 0 unspecified atom stereocenters. The predicted molar refractivity (Wildman–Crippen MR) is 157 cm³/mol. The average molecular weight is 561 g/mol. The van der Waals surface area contributed by atoms with Gasteiger partial charge in [0, 0.05) is 54.6 Å². The van der Waals surface area contributed by atoms with Gasteiger partial charge in [0.2, 0.25) is 5.13 Å². The molecule has 4 aromatic rings. The number of amides is 1. The number of hydrogen-bond acceptors (Lipinski definition) is 8. The molecule has 0 spiro atoms. The maximum absolute atomic E-state index is 13.2. The maximum Gasteiger partial charge on any atom is 0.282 e. The molecule has 1 saturated heterocycles. The monoisotopic (exact) mass is 560 g/mol. The Bertz CT molecular complexity index is 1530. The van der Waals surface area contributed by atoms with Crippen LogP contribution in [0.3, 0.4) is 0 Å². The number of ether oxygens (including phenoxy) is 2. The molecule has 5 rings (SSSR count). The number of thiazole rings is 1. The Morgan fingerprint density at radius 3 is 2.75 bits per heavy atom. The minimum absolute atomic E-state index is 0.106. The van der Waals surface area contributed by atoms with Crippen LogP contribution < -0.4 is 15.6 Å². The molecule has 0 saturated carbocycles. The summed E-state index contributed by atoms with van der Waals surface area (Å²) in [5.74, 6) is 0.557. The van der Waals surface area contributed by atoms with Crippen LogP contribution in [0.4, 0.5) is 5.69 Å². The van der Waals surface area contributed by atoms with Gasteiger partial charge in [0.25, 0.3) is 11.5 Å². The first-order valence-corrected chi connectivity index (χ1v) is 14.1. The number of para-hydroxylation sites is 2. The molecular weight excluding hydrogens is 528 g/mol. The lowest BCUT2D eigenvalue weighted by Gasteiger charge is -2.26. The Labute approximate surface area is 236 Å². The number of aromatic nitrogens is 3. The van der Waals surface area contributed by atoms with Crippen LogP contribution >= 0.6 is 11.3 Å². The highest BCUT2D eigenvalue weighted by Gasteiger charge is 2.15. The largest absolute Gasteiger partial charge is 0.492 e. The molecule has 11 heteroatoms. The maximum atomic E-state index is 13.2. The number of nitrogens with zero attached hydrogens (tertiary/aromatic N) is 4. The van der Waals surface area contributed by atoms with E-state index < -0.39 is 0 Å². The molecule has 0 radical (unpaired) electrons. The number of carbonyl (C=O) groups excluding carboxylic acids is 1. The third-order valence-corrected chi connectivity index (χ3v) is 7.38. The van der Waals surface area contributed by atoms with Crippen molar-refractivity contribution in [3.05, 3.63) is 81.1 Å². The van der Waals surface area contributed by atoms with Crippen LogP contribution in [0.1, 0.15) is 28.5 Å². The Hall–Kier alpha value is -4.06. The molecule has 208 valence electrons. The SMILES string of the molecule is CCOc1ccccc1N=Cc1c(C)[nH]n(-c2nc(-c3ccc(C(=O)NCCN4CCOCC4)cc3)cs2)c1=O. The second kappa shape index (κ2) is 12.9. The first kappa shape index (κ1) is 27.5. The van der Waals surface area contributed by atoms with Gasteiger partial charge in [0.15, 0.2) is 0 Å². The second-order valence-electron chi connectivity index (χ2n) is 9.25. The lowest BCUT2D eigenvalue weighted by molar-refractivity contribution is 0.0383. The summed E-state index contributed by atoms with van der Waals surface area (Å²) in [5.41, 5.74) is 3.72. The molecule has 2 N–H and O–H groups in total.